The van der Waals surface area contributed by atoms with Gasteiger partial charge >= 0.3 is 11.8 Å². The fourth-order valence-corrected chi connectivity index (χ4v) is 1.68. The zero-order chi connectivity index (χ0) is 15.1. The summed E-state index contributed by atoms with van der Waals surface area (Å²) in [6.07, 6.45) is 0.945. The highest BCUT2D eigenvalue weighted by Crippen LogP contribution is 2.26. The summed E-state index contributed by atoms with van der Waals surface area (Å²) in [6, 6.07) is 1.27. The lowest BCUT2D eigenvalue weighted by Crippen LogP contribution is -2.31. The van der Waals surface area contributed by atoms with Crippen LogP contribution >= 0.6 is 0 Å². The molecular formula is C11H16N2O7. The number of hydrogen-bond acceptors (Lipinski definition) is 6. The van der Waals surface area contributed by atoms with Gasteiger partial charge in [-0.25, -0.2) is 9.59 Å². The number of aliphatic hydroxyl groups excluding tert-OH is 1. The van der Waals surface area contributed by atoms with Crippen molar-refractivity contribution in [1.29, 1.82) is 0 Å². The van der Waals surface area contributed by atoms with Crippen molar-refractivity contribution in [2.75, 3.05) is 13.7 Å². The minimum absolute atomic E-state index is 0.0470. The molecule has 1 fully saturated rings. The second-order valence-corrected chi connectivity index (χ2v) is 3.96. The molecule has 1 aliphatic heterocycles. The quantitative estimate of drug-likeness (QED) is 0.626. The van der Waals surface area contributed by atoms with E-state index in [4.69, 9.17) is 19.7 Å². The number of aromatic amines is 1. The normalized spacial score (nSPS) is 20.9. The molecule has 3 N–H and O–H groups in total. The number of aromatic nitrogens is 2. The third-order valence-electron chi connectivity index (χ3n) is 2.62. The molecule has 9 heteroatoms. The maximum absolute atomic E-state index is 11.4. The highest BCUT2D eigenvalue weighted by atomic mass is 16.6. The highest BCUT2D eigenvalue weighted by molar-refractivity contribution is 5.56. The van der Waals surface area contributed by atoms with Crippen molar-refractivity contribution >= 4 is 6.16 Å². The Morgan fingerprint density at radius 3 is 2.65 bits per heavy atom. The van der Waals surface area contributed by atoms with Gasteiger partial charge in [0.25, 0.3) is 5.56 Å². The number of hydrogen-bond donors (Lipinski definition) is 3. The molecule has 0 saturated carbocycles. The first-order valence-corrected chi connectivity index (χ1v) is 5.82. The van der Waals surface area contributed by atoms with E-state index >= 15 is 0 Å². The van der Waals surface area contributed by atoms with Gasteiger partial charge < -0.3 is 19.7 Å². The molecule has 1 aliphatic rings. The summed E-state index contributed by atoms with van der Waals surface area (Å²) >= 11 is 0. The molecule has 112 valence electrons. The van der Waals surface area contributed by atoms with Crippen LogP contribution in [0.15, 0.2) is 21.9 Å². The van der Waals surface area contributed by atoms with Gasteiger partial charge in [-0.15, -0.1) is 0 Å². The minimum Gasteiger partial charge on any atom is -0.450 e. The third kappa shape index (κ3) is 4.52. The fraction of sp³-hybridized carbons (Fsp3) is 0.545. The summed E-state index contributed by atoms with van der Waals surface area (Å²) in [5.74, 6) is 0. The second kappa shape index (κ2) is 7.46. The number of carboxylic acid groups (broad SMARTS) is 1. The molecule has 0 aromatic carbocycles. The third-order valence-corrected chi connectivity index (χ3v) is 2.62. The van der Waals surface area contributed by atoms with E-state index in [2.05, 4.69) is 9.72 Å². The van der Waals surface area contributed by atoms with Crippen LogP contribution in [0.4, 0.5) is 4.79 Å². The molecule has 2 heterocycles. The van der Waals surface area contributed by atoms with E-state index in [1.54, 1.807) is 0 Å². The van der Waals surface area contributed by atoms with Crippen molar-refractivity contribution in [3.8, 4) is 0 Å². The Morgan fingerprint density at radius 2 is 2.20 bits per heavy atom. The van der Waals surface area contributed by atoms with Crippen LogP contribution in [-0.2, 0) is 9.47 Å². The van der Waals surface area contributed by atoms with Crippen molar-refractivity contribution in [3.05, 3.63) is 33.1 Å². The summed E-state index contributed by atoms with van der Waals surface area (Å²) < 4.78 is 10.4. The van der Waals surface area contributed by atoms with E-state index in [9.17, 15) is 9.59 Å². The van der Waals surface area contributed by atoms with Gasteiger partial charge in [-0.3, -0.25) is 14.3 Å². The molecule has 1 aromatic rings. The van der Waals surface area contributed by atoms with E-state index in [0.29, 0.717) is 12.8 Å². The van der Waals surface area contributed by atoms with Crippen molar-refractivity contribution < 1.29 is 24.5 Å². The number of nitrogens with zero attached hydrogens (tertiary/aromatic N) is 1. The molecule has 2 unspecified atom stereocenters. The molecule has 1 aromatic heterocycles. The zero-order valence-electron chi connectivity index (χ0n) is 10.8. The van der Waals surface area contributed by atoms with Crippen LogP contribution in [-0.4, -0.2) is 45.7 Å². The molecule has 0 bridgehead atoms. The molecule has 0 aliphatic carbocycles. The van der Waals surface area contributed by atoms with Gasteiger partial charge in [0.2, 0.25) is 0 Å². The summed E-state index contributed by atoms with van der Waals surface area (Å²) in [4.78, 5) is 33.5. The van der Waals surface area contributed by atoms with Crippen LogP contribution in [0.2, 0.25) is 0 Å². The van der Waals surface area contributed by atoms with Crippen LogP contribution in [0.5, 0.6) is 0 Å². The Balaban J connectivity index is 0.000000347. The topological polar surface area (TPSA) is 131 Å². The van der Waals surface area contributed by atoms with Gasteiger partial charge in [0.05, 0.1) is 19.8 Å². The van der Waals surface area contributed by atoms with E-state index in [0.717, 1.165) is 7.11 Å². The molecular weight excluding hydrogens is 272 g/mol. The number of nitrogens with one attached hydrogen (secondary N) is 1. The predicted molar refractivity (Wildman–Crippen MR) is 66.6 cm³/mol. The largest absolute Gasteiger partial charge is 0.505 e. The van der Waals surface area contributed by atoms with E-state index < -0.39 is 17.4 Å². The summed E-state index contributed by atoms with van der Waals surface area (Å²) in [5, 5.41) is 16.4. The van der Waals surface area contributed by atoms with Crippen molar-refractivity contribution in [2.24, 2.45) is 0 Å². The first kappa shape index (κ1) is 15.9. The maximum Gasteiger partial charge on any atom is 0.505 e. The van der Waals surface area contributed by atoms with E-state index in [1.807, 2.05) is 0 Å². The average Bonchev–Trinajstić information content (AvgIpc) is 2.88. The molecule has 9 nitrogen and oxygen atoms in total. The van der Waals surface area contributed by atoms with Crippen LogP contribution in [0, 0.1) is 0 Å². The summed E-state index contributed by atoms with van der Waals surface area (Å²) in [7, 11) is 1.10. The van der Waals surface area contributed by atoms with Gasteiger partial charge in [-0.1, -0.05) is 0 Å². The SMILES string of the molecule is COC(=O)O.O=c1ccn(C2CCC(CO)O2)c(=O)[nH]1. The smallest absolute Gasteiger partial charge is 0.450 e. The van der Waals surface area contributed by atoms with Gasteiger partial charge in [0.1, 0.15) is 6.23 Å². The predicted octanol–water partition coefficient (Wildman–Crippen LogP) is -0.483. The van der Waals surface area contributed by atoms with Crippen LogP contribution in [0.1, 0.15) is 19.1 Å². The Morgan fingerprint density at radius 1 is 1.55 bits per heavy atom. The molecule has 0 amide bonds. The lowest BCUT2D eigenvalue weighted by Gasteiger charge is -2.13. The maximum atomic E-state index is 11.4. The minimum atomic E-state index is -1.25. The molecule has 0 radical (unpaired) electrons. The van der Waals surface area contributed by atoms with Gasteiger partial charge in [0.15, 0.2) is 0 Å². The molecule has 1 saturated heterocycles. The highest BCUT2D eigenvalue weighted by Gasteiger charge is 2.26. The molecule has 2 atom stereocenters. The Bertz CT molecular complexity index is 550. The number of carbonyl (C=O) groups is 1. The van der Waals surface area contributed by atoms with Crippen molar-refractivity contribution in [1.82, 2.24) is 9.55 Å². The Hall–Kier alpha value is -2.13. The van der Waals surface area contributed by atoms with Gasteiger partial charge in [-0.05, 0) is 12.8 Å². The zero-order valence-corrected chi connectivity index (χ0v) is 10.8. The number of H-pyrrole nitrogens is 1. The monoisotopic (exact) mass is 288 g/mol. The van der Waals surface area contributed by atoms with Crippen molar-refractivity contribution in [3.63, 3.8) is 0 Å². The molecule has 20 heavy (non-hydrogen) atoms. The lowest BCUT2D eigenvalue weighted by molar-refractivity contribution is -0.0246. The average molecular weight is 288 g/mol. The second-order valence-electron chi connectivity index (χ2n) is 3.96. The van der Waals surface area contributed by atoms with E-state index in [-0.39, 0.29) is 18.9 Å². The van der Waals surface area contributed by atoms with Crippen LogP contribution in [0.3, 0.4) is 0 Å². The van der Waals surface area contributed by atoms with Crippen molar-refractivity contribution in [2.45, 2.75) is 25.2 Å². The van der Waals surface area contributed by atoms with E-state index in [1.165, 1.54) is 16.8 Å². The van der Waals surface area contributed by atoms with Crippen LogP contribution in [0.25, 0.3) is 0 Å². The first-order chi connectivity index (χ1) is 9.47. The number of ether oxygens (including phenoxy) is 2. The lowest BCUT2D eigenvalue weighted by atomic mass is 10.2. The number of rotatable bonds is 2. The standard InChI is InChI=1S/C9H12N2O4.C2H4O3/c12-5-6-1-2-8(15-6)11-4-3-7(13)10-9(11)14;1-5-2(3)4/h3-4,6,8,12H,1-2,5H2,(H,10,13,14);1H3,(H,3,4). The number of methoxy groups -OCH3 is 1. The molecule has 0 spiro atoms. The Kier molecular flexibility index (Phi) is 5.94. The number of aliphatic hydroxyl groups is 1. The van der Waals surface area contributed by atoms with Crippen LogP contribution < -0.4 is 11.2 Å². The summed E-state index contributed by atoms with van der Waals surface area (Å²) in [5.41, 5.74) is -0.904. The fourth-order valence-electron chi connectivity index (χ4n) is 1.68. The van der Waals surface area contributed by atoms with Gasteiger partial charge in [-0.2, -0.15) is 0 Å². The first-order valence-electron chi connectivity index (χ1n) is 5.82. The summed E-state index contributed by atoms with van der Waals surface area (Å²) in [6.45, 7) is -0.0470. The Labute approximate surface area is 113 Å². The molecule has 2 rings (SSSR count). The van der Waals surface area contributed by atoms with Gasteiger partial charge in [0, 0.05) is 12.3 Å².